The minimum absolute atomic E-state index is 0.187. The lowest BCUT2D eigenvalue weighted by molar-refractivity contribution is -0.152. The molecule has 0 N–H and O–H groups in total. The number of thiazole rings is 1. The topological polar surface area (TPSA) is 126 Å². The minimum Gasteiger partial charge on any atom is -0.465 e. The Bertz CT molecular complexity index is 1760. The van der Waals surface area contributed by atoms with E-state index in [1.165, 1.54) is 12.0 Å². The maximum atomic E-state index is 13.7. The number of ether oxygens (including phenoxy) is 5. The molecule has 2 aromatic carbocycles. The maximum absolute atomic E-state index is 13.7. The molecule has 0 aliphatic heterocycles. The van der Waals surface area contributed by atoms with Crippen LogP contribution in [-0.4, -0.2) is 75.8 Å². The molecule has 2 aliphatic carbocycles. The van der Waals surface area contributed by atoms with Crippen LogP contribution in [0.4, 0.5) is 5.13 Å². The van der Waals surface area contributed by atoms with Gasteiger partial charge >= 0.3 is 17.9 Å². The lowest BCUT2D eigenvalue weighted by atomic mass is 9.77. The smallest absolute Gasteiger partial charge is 0.330 e. The Morgan fingerprint density at radius 2 is 1.53 bits per heavy atom. The first kappa shape index (κ1) is 46.9. The van der Waals surface area contributed by atoms with Crippen molar-refractivity contribution in [2.75, 3.05) is 51.7 Å². The summed E-state index contributed by atoms with van der Waals surface area (Å²) in [6, 6.07) is 14.4. The second kappa shape index (κ2) is 26.3. The highest BCUT2D eigenvalue weighted by molar-refractivity contribution is 7.22. The average Bonchev–Trinajstić information content (AvgIpc) is 3.72. The third-order valence-corrected chi connectivity index (χ3v) is 12.9. The van der Waals surface area contributed by atoms with E-state index in [9.17, 15) is 14.4 Å². The van der Waals surface area contributed by atoms with Gasteiger partial charge in [0.25, 0.3) is 0 Å². The van der Waals surface area contributed by atoms with E-state index in [2.05, 4.69) is 31.7 Å². The first-order valence-electron chi connectivity index (χ1n) is 22.4. The standard InChI is InChI=1S/C48H67N3O8S/c1-4-6-7-12-28-51(48-50-42-15-10-11-16-44(42)60-48)49-35-41-34-40(37-19-17-36(18-20-37)27-31-56-33-32-55-3)25-26-43(41)59-47(54)39-23-21-38(22-24-39)46(53)58-30-14-9-8-13-29-57-45(52)5-2/h5,10-11,15-16,25-26,34-39H,2,4,6-9,12-14,17-24,27-33H2,1,3H3/b49-35+. The van der Waals surface area contributed by atoms with Crippen molar-refractivity contribution in [2.45, 2.75) is 122 Å². The van der Waals surface area contributed by atoms with Gasteiger partial charge < -0.3 is 23.7 Å². The van der Waals surface area contributed by atoms with Gasteiger partial charge in [0, 0.05) is 31.9 Å². The van der Waals surface area contributed by atoms with E-state index < -0.39 is 5.97 Å². The molecule has 0 bridgehead atoms. The van der Waals surface area contributed by atoms with Crippen molar-refractivity contribution in [3.63, 3.8) is 0 Å². The van der Waals surface area contributed by atoms with Crippen LogP contribution < -0.4 is 9.75 Å². The van der Waals surface area contributed by atoms with Crippen LogP contribution in [0.1, 0.15) is 133 Å². The molecule has 5 rings (SSSR count). The molecule has 60 heavy (non-hydrogen) atoms. The number of rotatable bonds is 26. The molecular weight excluding hydrogens is 779 g/mol. The number of hydrogen-bond donors (Lipinski definition) is 0. The van der Waals surface area contributed by atoms with Crippen molar-refractivity contribution >= 4 is 50.8 Å². The number of anilines is 1. The lowest BCUT2D eigenvalue weighted by Crippen LogP contribution is -2.29. The quantitative estimate of drug-likeness (QED) is 0.0192. The van der Waals surface area contributed by atoms with Crippen molar-refractivity contribution in [1.82, 2.24) is 4.98 Å². The summed E-state index contributed by atoms with van der Waals surface area (Å²) in [6.45, 7) is 9.12. The third kappa shape index (κ3) is 15.4. The van der Waals surface area contributed by atoms with Crippen LogP contribution in [0.3, 0.4) is 0 Å². The summed E-state index contributed by atoms with van der Waals surface area (Å²) in [5.74, 6) is 0.226. The highest BCUT2D eigenvalue weighted by Crippen LogP contribution is 2.39. The van der Waals surface area contributed by atoms with Crippen molar-refractivity contribution in [1.29, 1.82) is 0 Å². The number of aromatic nitrogens is 1. The van der Waals surface area contributed by atoms with Gasteiger partial charge in [0.2, 0.25) is 5.13 Å². The van der Waals surface area contributed by atoms with Crippen molar-refractivity contribution in [2.24, 2.45) is 22.9 Å². The summed E-state index contributed by atoms with van der Waals surface area (Å²) in [6.07, 6.45) is 18.7. The Balaban J connectivity index is 1.21. The Kier molecular flexibility index (Phi) is 20.5. The molecule has 2 aliphatic rings. The van der Waals surface area contributed by atoms with Gasteiger partial charge in [-0.25, -0.2) is 14.8 Å². The Morgan fingerprint density at radius 3 is 2.25 bits per heavy atom. The van der Waals surface area contributed by atoms with Gasteiger partial charge in [0.15, 0.2) is 0 Å². The first-order valence-corrected chi connectivity index (χ1v) is 23.2. The highest BCUT2D eigenvalue weighted by atomic mass is 32.1. The molecule has 2 fully saturated rings. The number of nitrogens with zero attached hydrogens (tertiary/aromatic N) is 3. The molecule has 0 atom stereocenters. The second-order valence-electron chi connectivity index (χ2n) is 16.2. The van der Waals surface area contributed by atoms with E-state index in [0.29, 0.717) is 69.7 Å². The lowest BCUT2D eigenvalue weighted by Gasteiger charge is -2.29. The van der Waals surface area contributed by atoms with E-state index in [-0.39, 0.29) is 23.8 Å². The zero-order chi connectivity index (χ0) is 42.4. The number of benzene rings is 2. The number of methoxy groups -OCH3 is 1. The molecule has 0 unspecified atom stereocenters. The summed E-state index contributed by atoms with van der Waals surface area (Å²) in [7, 11) is 1.70. The van der Waals surface area contributed by atoms with Gasteiger partial charge in [-0.05, 0) is 132 Å². The molecular formula is C48H67N3O8S. The Hall–Kier alpha value is -4.13. The van der Waals surface area contributed by atoms with Crippen molar-refractivity contribution in [3.8, 4) is 5.75 Å². The van der Waals surface area contributed by atoms with Gasteiger partial charge in [0.05, 0.1) is 54.7 Å². The van der Waals surface area contributed by atoms with E-state index >= 15 is 0 Å². The van der Waals surface area contributed by atoms with Crippen molar-refractivity contribution in [3.05, 3.63) is 66.2 Å². The van der Waals surface area contributed by atoms with Gasteiger partial charge in [-0.1, -0.05) is 62.3 Å². The molecule has 2 saturated carbocycles. The number of hydrogen-bond acceptors (Lipinski definition) is 12. The SMILES string of the molecule is C=CC(=O)OCCCCCCOC(=O)C1CCC(C(=O)Oc2ccc(C3CCC(CCOCCOC)CC3)cc2/C=N/N(CCCCCC)c2nc3ccccc3s2)CC1. The molecule has 1 aromatic heterocycles. The normalized spacial score (nSPS) is 19.3. The zero-order valence-corrected chi connectivity index (χ0v) is 36.8. The number of para-hydroxylation sites is 1. The fraction of sp³-hybridized carbons (Fsp3) is 0.604. The molecule has 11 nitrogen and oxygen atoms in total. The molecule has 0 saturated heterocycles. The predicted octanol–water partition coefficient (Wildman–Crippen LogP) is 10.6. The van der Waals surface area contributed by atoms with Crippen LogP contribution in [0.15, 0.2) is 60.2 Å². The number of carbonyl (C=O) groups excluding carboxylic acids is 3. The summed E-state index contributed by atoms with van der Waals surface area (Å²) in [5, 5.41) is 7.90. The van der Waals surface area contributed by atoms with E-state index in [1.807, 2.05) is 35.5 Å². The number of fused-ring (bicyclic) bond motifs is 1. The Labute approximate surface area is 361 Å². The summed E-state index contributed by atoms with van der Waals surface area (Å²) in [4.78, 5) is 42.7. The molecule has 0 radical (unpaired) electrons. The summed E-state index contributed by atoms with van der Waals surface area (Å²) >= 11 is 1.64. The fourth-order valence-electron chi connectivity index (χ4n) is 8.12. The monoisotopic (exact) mass is 845 g/mol. The molecule has 12 heteroatoms. The summed E-state index contributed by atoms with van der Waals surface area (Å²) < 4.78 is 28.8. The van der Waals surface area contributed by atoms with Crippen LogP contribution in [0.2, 0.25) is 0 Å². The zero-order valence-electron chi connectivity index (χ0n) is 36.0. The first-order chi connectivity index (χ1) is 29.4. The minimum atomic E-state index is -0.409. The molecule has 0 spiro atoms. The van der Waals surface area contributed by atoms with Gasteiger partial charge in [-0.3, -0.25) is 9.59 Å². The van der Waals surface area contributed by atoms with Crippen LogP contribution in [0, 0.1) is 17.8 Å². The molecule has 328 valence electrons. The van der Waals surface area contributed by atoms with Gasteiger partial charge in [-0.15, -0.1) is 0 Å². The number of hydrazone groups is 1. The van der Waals surface area contributed by atoms with Crippen molar-refractivity contribution < 1.29 is 38.1 Å². The second-order valence-corrected chi connectivity index (χ2v) is 17.2. The van der Waals surface area contributed by atoms with Crippen LogP contribution in [0.5, 0.6) is 5.75 Å². The summed E-state index contributed by atoms with van der Waals surface area (Å²) in [5.41, 5.74) is 2.98. The number of carbonyl (C=O) groups is 3. The molecule has 0 amide bonds. The third-order valence-electron chi connectivity index (χ3n) is 11.8. The van der Waals surface area contributed by atoms with Crippen LogP contribution in [0.25, 0.3) is 10.2 Å². The Morgan fingerprint density at radius 1 is 0.817 bits per heavy atom. The fourth-order valence-corrected chi connectivity index (χ4v) is 9.07. The van der Waals surface area contributed by atoms with Gasteiger partial charge in [0.1, 0.15) is 5.75 Å². The van der Waals surface area contributed by atoms with Crippen LogP contribution >= 0.6 is 11.3 Å². The average molecular weight is 846 g/mol. The largest absolute Gasteiger partial charge is 0.465 e. The number of unbranched alkanes of at least 4 members (excludes halogenated alkanes) is 6. The predicted molar refractivity (Wildman–Crippen MR) is 239 cm³/mol. The highest BCUT2D eigenvalue weighted by Gasteiger charge is 2.32. The van der Waals surface area contributed by atoms with Crippen LogP contribution in [-0.2, 0) is 33.3 Å². The molecule has 3 aromatic rings. The van der Waals surface area contributed by atoms with E-state index in [1.54, 1.807) is 18.4 Å². The molecule has 1 heterocycles. The number of esters is 3. The van der Waals surface area contributed by atoms with E-state index in [0.717, 1.165) is 117 Å². The van der Waals surface area contributed by atoms with E-state index in [4.69, 9.17) is 33.8 Å². The maximum Gasteiger partial charge on any atom is 0.330 e. The van der Waals surface area contributed by atoms with Gasteiger partial charge in [-0.2, -0.15) is 5.10 Å².